The lowest BCUT2D eigenvalue weighted by Crippen LogP contribution is -2.35. The van der Waals surface area contributed by atoms with Crippen molar-refractivity contribution in [1.82, 2.24) is 9.80 Å². The topological polar surface area (TPSA) is 49.9 Å². The molecule has 0 bridgehead atoms. The Kier molecular flexibility index (Phi) is 17.5. The summed E-state index contributed by atoms with van der Waals surface area (Å²) in [5.74, 6) is -0.0927. The van der Waals surface area contributed by atoms with Crippen molar-refractivity contribution >= 4 is 11.8 Å². The van der Waals surface area contributed by atoms with Crippen molar-refractivity contribution in [2.75, 3.05) is 40.4 Å². The molecule has 0 spiro atoms. The second-order valence-corrected chi connectivity index (χ2v) is 7.66. The van der Waals surface area contributed by atoms with E-state index >= 15 is 0 Å². The summed E-state index contributed by atoms with van der Waals surface area (Å²) in [6.45, 7) is 5.93. The predicted molar refractivity (Wildman–Crippen MR) is 113 cm³/mol. The van der Waals surface area contributed by atoms with Gasteiger partial charge in [-0.25, -0.2) is 0 Å². The second kappa shape index (κ2) is 18.3. The van der Waals surface area contributed by atoms with Crippen LogP contribution in [-0.4, -0.2) is 62.0 Å². The van der Waals surface area contributed by atoms with Gasteiger partial charge < -0.3 is 14.5 Å². The van der Waals surface area contributed by atoms with E-state index in [1.165, 1.54) is 64.2 Å². The maximum absolute atomic E-state index is 12.0. The molecular weight excluding hydrogens is 340 g/mol. The minimum absolute atomic E-state index is 0.0110. The SMILES string of the molecule is CCCCCCCCN(C)C(=O)COCC(=O)N(C)CCCCCCCC. The summed E-state index contributed by atoms with van der Waals surface area (Å²) >= 11 is 0. The van der Waals surface area contributed by atoms with Crippen molar-refractivity contribution in [2.45, 2.75) is 90.9 Å². The van der Waals surface area contributed by atoms with Gasteiger partial charge >= 0.3 is 0 Å². The summed E-state index contributed by atoms with van der Waals surface area (Å²) < 4.78 is 5.34. The normalized spacial score (nSPS) is 10.8. The third-order valence-electron chi connectivity index (χ3n) is 5.00. The molecule has 0 radical (unpaired) electrons. The average molecular weight is 385 g/mol. The van der Waals surface area contributed by atoms with Crippen LogP contribution in [0.25, 0.3) is 0 Å². The van der Waals surface area contributed by atoms with Crippen LogP contribution in [0.1, 0.15) is 90.9 Å². The Morgan fingerprint density at radius 3 is 1.30 bits per heavy atom. The van der Waals surface area contributed by atoms with Crippen LogP contribution in [0.4, 0.5) is 0 Å². The first kappa shape index (κ1) is 25.9. The van der Waals surface area contributed by atoms with Crippen LogP contribution < -0.4 is 0 Å². The van der Waals surface area contributed by atoms with Crippen molar-refractivity contribution in [3.05, 3.63) is 0 Å². The molecule has 0 aliphatic carbocycles. The number of unbranched alkanes of at least 4 members (excludes halogenated alkanes) is 10. The number of likely N-dealkylation sites (N-methyl/N-ethyl adjacent to an activating group) is 2. The molecule has 0 aliphatic rings. The van der Waals surface area contributed by atoms with E-state index in [0.29, 0.717) is 0 Å². The molecule has 5 heteroatoms. The Bertz CT molecular complexity index is 341. The molecule has 160 valence electrons. The first-order valence-corrected chi connectivity index (χ1v) is 11.1. The molecule has 0 aliphatic heterocycles. The van der Waals surface area contributed by atoms with E-state index in [1.54, 1.807) is 9.80 Å². The molecule has 27 heavy (non-hydrogen) atoms. The van der Waals surface area contributed by atoms with E-state index < -0.39 is 0 Å². The number of carbonyl (C=O) groups is 2. The molecule has 0 aromatic rings. The van der Waals surface area contributed by atoms with Crippen LogP contribution in [0.15, 0.2) is 0 Å². The molecule has 5 nitrogen and oxygen atoms in total. The van der Waals surface area contributed by atoms with Gasteiger partial charge in [0.25, 0.3) is 0 Å². The largest absolute Gasteiger partial charge is 0.362 e. The van der Waals surface area contributed by atoms with E-state index in [9.17, 15) is 9.59 Å². The van der Waals surface area contributed by atoms with Gasteiger partial charge in [0.15, 0.2) is 0 Å². The van der Waals surface area contributed by atoms with Crippen LogP contribution >= 0.6 is 0 Å². The number of hydrogen-bond donors (Lipinski definition) is 0. The van der Waals surface area contributed by atoms with Crippen LogP contribution in [0.5, 0.6) is 0 Å². The number of amides is 2. The molecule has 0 aromatic heterocycles. The molecule has 0 fully saturated rings. The summed E-state index contributed by atoms with van der Waals surface area (Å²) in [6, 6.07) is 0. The highest BCUT2D eigenvalue weighted by atomic mass is 16.5. The number of nitrogens with zero attached hydrogens (tertiary/aromatic N) is 2. The Balaban J connectivity index is 3.68. The van der Waals surface area contributed by atoms with Crippen LogP contribution in [0, 0.1) is 0 Å². The van der Waals surface area contributed by atoms with E-state index in [2.05, 4.69) is 13.8 Å². The number of ether oxygens (including phenoxy) is 1. The monoisotopic (exact) mass is 384 g/mol. The number of rotatable bonds is 18. The summed E-state index contributed by atoms with van der Waals surface area (Å²) in [5.41, 5.74) is 0. The van der Waals surface area contributed by atoms with Gasteiger partial charge in [-0.05, 0) is 12.8 Å². The predicted octanol–water partition coefficient (Wildman–Crippen LogP) is 4.64. The van der Waals surface area contributed by atoms with Crippen molar-refractivity contribution in [1.29, 1.82) is 0 Å². The first-order chi connectivity index (χ1) is 13.0. The lowest BCUT2D eigenvalue weighted by Gasteiger charge is -2.19. The second-order valence-electron chi connectivity index (χ2n) is 7.66. The molecular formula is C22H44N2O3. The fourth-order valence-electron chi connectivity index (χ4n) is 2.95. The van der Waals surface area contributed by atoms with Crippen LogP contribution in [-0.2, 0) is 14.3 Å². The number of carbonyl (C=O) groups excluding carboxylic acids is 2. The van der Waals surface area contributed by atoms with Gasteiger partial charge in [0.05, 0.1) is 0 Å². The van der Waals surface area contributed by atoms with Crippen molar-refractivity contribution in [3.63, 3.8) is 0 Å². The Hall–Kier alpha value is -1.10. The zero-order chi connectivity index (χ0) is 20.3. The standard InChI is InChI=1S/C22H44N2O3/c1-5-7-9-11-13-15-17-23(3)21(25)19-27-20-22(26)24(4)18-16-14-12-10-8-6-2/h5-20H2,1-4H3. The van der Waals surface area contributed by atoms with Gasteiger partial charge in [-0.3, -0.25) is 9.59 Å². The molecule has 0 heterocycles. The van der Waals surface area contributed by atoms with E-state index in [1.807, 2.05) is 14.1 Å². The lowest BCUT2D eigenvalue weighted by molar-refractivity contribution is -0.140. The van der Waals surface area contributed by atoms with Gasteiger partial charge in [0.1, 0.15) is 13.2 Å². The maximum Gasteiger partial charge on any atom is 0.248 e. The molecule has 0 N–H and O–H groups in total. The van der Waals surface area contributed by atoms with Gasteiger partial charge in [-0.15, -0.1) is 0 Å². The van der Waals surface area contributed by atoms with E-state index in [0.717, 1.165) is 25.9 Å². The van der Waals surface area contributed by atoms with Crippen molar-refractivity contribution in [3.8, 4) is 0 Å². The smallest absolute Gasteiger partial charge is 0.248 e. The summed E-state index contributed by atoms with van der Waals surface area (Å²) in [5, 5.41) is 0. The minimum Gasteiger partial charge on any atom is -0.362 e. The molecule has 2 amide bonds. The highest BCUT2D eigenvalue weighted by Gasteiger charge is 2.12. The molecule has 0 unspecified atom stereocenters. The van der Waals surface area contributed by atoms with Crippen LogP contribution in [0.2, 0.25) is 0 Å². The highest BCUT2D eigenvalue weighted by molar-refractivity contribution is 5.79. The Morgan fingerprint density at radius 1 is 0.593 bits per heavy atom. The third kappa shape index (κ3) is 15.6. The fraction of sp³-hybridized carbons (Fsp3) is 0.909. The highest BCUT2D eigenvalue weighted by Crippen LogP contribution is 2.06. The zero-order valence-corrected chi connectivity index (χ0v) is 18.4. The van der Waals surface area contributed by atoms with Gasteiger partial charge in [0.2, 0.25) is 11.8 Å². The van der Waals surface area contributed by atoms with Gasteiger partial charge in [-0.2, -0.15) is 0 Å². The van der Waals surface area contributed by atoms with E-state index in [4.69, 9.17) is 4.74 Å². The molecule has 0 rings (SSSR count). The summed E-state index contributed by atoms with van der Waals surface area (Å²) in [6.07, 6.45) is 14.5. The number of hydrogen-bond acceptors (Lipinski definition) is 3. The average Bonchev–Trinajstić information content (AvgIpc) is 2.66. The summed E-state index contributed by atoms with van der Waals surface area (Å²) in [4.78, 5) is 27.5. The molecule has 0 atom stereocenters. The van der Waals surface area contributed by atoms with Gasteiger partial charge in [-0.1, -0.05) is 78.1 Å². The van der Waals surface area contributed by atoms with E-state index in [-0.39, 0.29) is 25.0 Å². The van der Waals surface area contributed by atoms with Crippen molar-refractivity contribution < 1.29 is 14.3 Å². The zero-order valence-electron chi connectivity index (χ0n) is 18.4. The Labute approximate surface area is 167 Å². The Morgan fingerprint density at radius 2 is 0.926 bits per heavy atom. The minimum atomic E-state index is -0.0464. The lowest BCUT2D eigenvalue weighted by atomic mass is 10.1. The molecule has 0 saturated heterocycles. The third-order valence-corrected chi connectivity index (χ3v) is 5.00. The first-order valence-electron chi connectivity index (χ1n) is 11.1. The van der Waals surface area contributed by atoms with Crippen LogP contribution in [0.3, 0.4) is 0 Å². The quantitative estimate of drug-likeness (QED) is 0.323. The van der Waals surface area contributed by atoms with Crippen molar-refractivity contribution in [2.24, 2.45) is 0 Å². The van der Waals surface area contributed by atoms with Gasteiger partial charge in [0, 0.05) is 27.2 Å². The maximum atomic E-state index is 12.0. The molecule has 0 saturated carbocycles. The summed E-state index contributed by atoms with van der Waals surface area (Å²) in [7, 11) is 3.62. The molecule has 0 aromatic carbocycles. The fourth-order valence-corrected chi connectivity index (χ4v) is 2.95.